The third kappa shape index (κ3) is 1.79. The minimum atomic E-state index is -2.93. The quantitative estimate of drug-likeness (QED) is 0.439. The van der Waals surface area contributed by atoms with Crippen LogP contribution in [-0.4, -0.2) is 9.91 Å². The van der Waals surface area contributed by atoms with E-state index in [0.717, 1.165) is 6.20 Å². The van der Waals surface area contributed by atoms with Gasteiger partial charge in [0.25, 0.3) is 12.1 Å². The zero-order valence-corrected chi connectivity index (χ0v) is 7.76. The van der Waals surface area contributed by atoms with Gasteiger partial charge >= 0.3 is 0 Å². The van der Waals surface area contributed by atoms with Crippen molar-refractivity contribution in [3.05, 3.63) is 32.6 Å². The van der Waals surface area contributed by atoms with Gasteiger partial charge in [0, 0.05) is 6.20 Å². The molecule has 0 spiro atoms. The lowest BCUT2D eigenvalue weighted by atomic mass is 10.2. The third-order valence-electron chi connectivity index (χ3n) is 1.67. The van der Waals surface area contributed by atoms with Crippen molar-refractivity contribution in [2.45, 2.75) is 13.3 Å². The summed E-state index contributed by atoms with van der Waals surface area (Å²) in [7, 11) is 0. The van der Waals surface area contributed by atoms with Gasteiger partial charge in [-0.25, -0.2) is 13.8 Å². The summed E-state index contributed by atoms with van der Waals surface area (Å²) in [6.07, 6.45) is -2.21. The zero-order valence-electron chi connectivity index (χ0n) is 7.00. The van der Waals surface area contributed by atoms with Crippen molar-refractivity contribution in [3.8, 4) is 0 Å². The second-order valence-corrected chi connectivity index (χ2v) is 2.89. The van der Waals surface area contributed by atoms with E-state index in [1.165, 1.54) is 6.92 Å². The summed E-state index contributed by atoms with van der Waals surface area (Å²) < 4.78 is 24.6. The first-order valence-electron chi connectivity index (χ1n) is 3.52. The van der Waals surface area contributed by atoms with E-state index in [1.807, 2.05) is 0 Å². The van der Waals surface area contributed by atoms with Crippen LogP contribution in [0.2, 0.25) is 5.15 Å². The first-order valence-corrected chi connectivity index (χ1v) is 3.90. The molecular formula is C7H5ClF2N2O2. The number of hydrogen-bond acceptors (Lipinski definition) is 3. The lowest BCUT2D eigenvalue weighted by Crippen LogP contribution is -2.00. The molecule has 0 saturated heterocycles. The SMILES string of the molecule is Cc1c(Cl)ncc(C(F)F)c1[N+](=O)[O-]. The average Bonchev–Trinajstić information content (AvgIpc) is 2.08. The Morgan fingerprint density at radius 2 is 2.21 bits per heavy atom. The maximum atomic E-state index is 12.3. The van der Waals surface area contributed by atoms with Gasteiger partial charge in [-0.2, -0.15) is 0 Å². The van der Waals surface area contributed by atoms with Crippen molar-refractivity contribution in [1.82, 2.24) is 4.98 Å². The van der Waals surface area contributed by atoms with Crippen LogP contribution in [0.15, 0.2) is 6.20 Å². The smallest absolute Gasteiger partial charge is 0.258 e. The van der Waals surface area contributed by atoms with Crippen LogP contribution in [-0.2, 0) is 0 Å². The minimum absolute atomic E-state index is 0.0468. The molecule has 14 heavy (non-hydrogen) atoms. The second kappa shape index (κ2) is 3.83. The van der Waals surface area contributed by atoms with Crippen LogP contribution in [0, 0.1) is 17.0 Å². The molecule has 7 heteroatoms. The Balaban J connectivity index is 3.45. The van der Waals surface area contributed by atoms with E-state index in [9.17, 15) is 18.9 Å². The van der Waals surface area contributed by atoms with Crippen LogP contribution >= 0.6 is 11.6 Å². The fraction of sp³-hybridized carbons (Fsp3) is 0.286. The lowest BCUT2D eigenvalue weighted by Gasteiger charge is -2.04. The molecule has 0 aromatic carbocycles. The molecule has 76 valence electrons. The molecule has 4 nitrogen and oxygen atoms in total. The lowest BCUT2D eigenvalue weighted by molar-refractivity contribution is -0.386. The van der Waals surface area contributed by atoms with Gasteiger partial charge in [0.1, 0.15) is 10.7 Å². The highest BCUT2D eigenvalue weighted by molar-refractivity contribution is 6.30. The maximum absolute atomic E-state index is 12.3. The van der Waals surface area contributed by atoms with E-state index >= 15 is 0 Å². The molecule has 0 fully saturated rings. The monoisotopic (exact) mass is 222 g/mol. The fourth-order valence-corrected chi connectivity index (χ4v) is 1.14. The van der Waals surface area contributed by atoms with Crippen LogP contribution in [0.3, 0.4) is 0 Å². The van der Waals surface area contributed by atoms with E-state index < -0.39 is 22.6 Å². The van der Waals surface area contributed by atoms with Gasteiger partial charge in [0.05, 0.1) is 10.5 Å². The molecule has 0 radical (unpaired) electrons. The summed E-state index contributed by atoms with van der Waals surface area (Å²) in [6, 6.07) is 0. The molecule has 1 heterocycles. The summed E-state index contributed by atoms with van der Waals surface area (Å²) >= 11 is 5.47. The molecule has 0 saturated carbocycles. The molecule has 0 atom stereocenters. The molecule has 1 aromatic rings. The summed E-state index contributed by atoms with van der Waals surface area (Å²) in [5.41, 5.74) is -1.42. The van der Waals surface area contributed by atoms with Crippen molar-refractivity contribution < 1.29 is 13.7 Å². The number of rotatable bonds is 2. The van der Waals surface area contributed by atoms with Crippen molar-refractivity contribution >= 4 is 17.3 Å². The zero-order chi connectivity index (χ0) is 10.9. The average molecular weight is 223 g/mol. The number of nitrogens with zero attached hydrogens (tertiary/aromatic N) is 2. The third-order valence-corrected chi connectivity index (χ3v) is 2.05. The predicted molar refractivity (Wildman–Crippen MR) is 45.6 cm³/mol. The highest BCUT2D eigenvalue weighted by atomic mass is 35.5. The highest BCUT2D eigenvalue weighted by Gasteiger charge is 2.26. The number of pyridine rings is 1. The Morgan fingerprint density at radius 1 is 1.64 bits per heavy atom. The second-order valence-electron chi connectivity index (χ2n) is 2.54. The van der Waals surface area contributed by atoms with Crippen molar-refractivity contribution in [2.24, 2.45) is 0 Å². The molecule has 0 aliphatic carbocycles. The summed E-state index contributed by atoms with van der Waals surface area (Å²) in [4.78, 5) is 13.0. The van der Waals surface area contributed by atoms with Crippen LogP contribution in [0.4, 0.5) is 14.5 Å². The van der Waals surface area contributed by atoms with Gasteiger partial charge in [0.15, 0.2) is 0 Å². The van der Waals surface area contributed by atoms with Crippen LogP contribution in [0.5, 0.6) is 0 Å². The number of nitro groups is 1. The number of halogens is 3. The Bertz CT molecular complexity index is 384. The van der Waals surface area contributed by atoms with E-state index in [0.29, 0.717) is 0 Å². The van der Waals surface area contributed by atoms with E-state index in [1.54, 1.807) is 0 Å². The Labute approximate surface area is 82.7 Å². The molecule has 0 unspecified atom stereocenters. The Kier molecular flexibility index (Phi) is 2.95. The molecule has 0 aliphatic heterocycles. The van der Waals surface area contributed by atoms with Gasteiger partial charge in [-0.1, -0.05) is 11.6 Å². The largest absolute Gasteiger partial charge is 0.285 e. The van der Waals surface area contributed by atoms with Crippen molar-refractivity contribution in [3.63, 3.8) is 0 Å². The predicted octanol–water partition coefficient (Wildman–Crippen LogP) is 2.89. The summed E-state index contributed by atoms with van der Waals surface area (Å²) in [5.74, 6) is 0. The Hall–Kier alpha value is -1.30. The van der Waals surface area contributed by atoms with Gasteiger partial charge in [-0.15, -0.1) is 0 Å². The topological polar surface area (TPSA) is 56.0 Å². The number of alkyl halides is 2. The number of hydrogen-bond donors (Lipinski definition) is 0. The van der Waals surface area contributed by atoms with E-state index in [4.69, 9.17) is 11.6 Å². The molecule has 0 aliphatic rings. The first-order chi connectivity index (χ1) is 6.45. The molecule has 1 aromatic heterocycles. The fourth-order valence-electron chi connectivity index (χ4n) is 1.00. The first kappa shape index (κ1) is 10.8. The molecule has 0 amide bonds. The van der Waals surface area contributed by atoms with Gasteiger partial charge in [-0.3, -0.25) is 10.1 Å². The van der Waals surface area contributed by atoms with Crippen LogP contribution < -0.4 is 0 Å². The van der Waals surface area contributed by atoms with Gasteiger partial charge in [0.2, 0.25) is 0 Å². The summed E-state index contributed by atoms with van der Waals surface area (Å²) in [5, 5.41) is 10.3. The molecular weight excluding hydrogens is 218 g/mol. The van der Waals surface area contributed by atoms with Crippen molar-refractivity contribution in [2.75, 3.05) is 0 Å². The molecule has 0 N–H and O–H groups in total. The Morgan fingerprint density at radius 3 is 2.64 bits per heavy atom. The van der Waals surface area contributed by atoms with E-state index in [2.05, 4.69) is 4.98 Å². The number of aromatic nitrogens is 1. The van der Waals surface area contributed by atoms with Crippen LogP contribution in [0.1, 0.15) is 17.6 Å². The highest BCUT2D eigenvalue weighted by Crippen LogP contribution is 2.33. The van der Waals surface area contributed by atoms with E-state index in [-0.39, 0.29) is 10.7 Å². The standard InChI is InChI=1S/C7H5ClF2N2O2/c1-3-5(12(13)14)4(7(9)10)2-11-6(3)8/h2,7H,1H3. The summed E-state index contributed by atoms with van der Waals surface area (Å²) in [6.45, 7) is 1.28. The van der Waals surface area contributed by atoms with Gasteiger partial charge < -0.3 is 0 Å². The molecule has 0 bridgehead atoms. The molecule has 1 rings (SSSR count). The van der Waals surface area contributed by atoms with Crippen molar-refractivity contribution in [1.29, 1.82) is 0 Å². The van der Waals surface area contributed by atoms with Crippen LogP contribution in [0.25, 0.3) is 0 Å². The minimum Gasteiger partial charge on any atom is -0.258 e. The maximum Gasteiger partial charge on any atom is 0.285 e. The van der Waals surface area contributed by atoms with Gasteiger partial charge in [-0.05, 0) is 6.92 Å². The normalized spacial score (nSPS) is 10.6.